The van der Waals surface area contributed by atoms with Crippen LogP contribution in [-0.4, -0.2) is 44.2 Å². The molecule has 0 N–H and O–H groups in total. The molecule has 1 aromatic carbocycles. The summed E-state index contributed by atoms with van der Waals surface area (Å²) in [6, 6.07) is 8.09. The molecule has 0 spiro atoms. The molecule has 7 nitrogen and oxygen atoms in total. The van der Waals surface area contributed by atoms with E-state index in [0.717, 1.165) is 5.82 Å². The quantitative estimate of drug-likeness (QED) is 0.721. The molecule has 8 heteroatoms. The van der Waals surface area contributed by atoms with Crippen LogP contribution in [0.3, 0.4) is 0 Å². The number of aromatic nitrogens is 4. The molecule has 134 valence electrons. The summed E-state index contributed by atoms with van der Waals surface area (Å²) >= 11 is 0. The maximum atomic E-state index is 14.0. The highest BCUT2D eigenvalue weighted by atomic mass is 19.1. The first-order valence-electron chi connectivity index (χ1n) is 8.34. The number of methoxy groups -OCH3 is 1. The Labute approximate surface area is 149 Å². The van der Waals surface area contributed by atoms with Crippen LogP contribution in [0, 0.1) is 5.82 Å². The summed E-state index contributed by atoms with van der Waals surface area (Å²) in [5, 5.41) is 8.98. The molecule has 0 radical (unpaired) electrons. The molecule has 1 amide bonds. The van der Waals surface area contributed by atoms with Crippen molar-refractivity contribution in [2.75, 3.05) is 13.7 Å². The summed E-state index contributed by atoms with van der Waals surface area (Å²) in [6.45, 7) is 3.20. The predicted octanol–water partition coefficient (Wildman–Crippen LogP) is 2.33. The van der Waals surface area contributed by atoms with Crippen molar-refractivity contribution in [3.63, 3.8) is 0 Å². The molecule has 1 aliphatic heterocycles. The number of fused-ring (bicyclic) bond motifs is 2. The molecule has 0 aliphatic carbocycles. The van der Waals surface area contributed by atoms with E-state index in [9.17, 15) is 9.18 Å². The SMILES string of the molecule is COCc1nnc2n1[C@@H](C)CN(C(=O)c1ccc3cccc(F)c3n1)C2. The molecule has 1 atom stereocenters. The highest BCUT2D eigenvalue weighted by Crippen LogP contribution is 2.24. The summed E-state index contributed by atoms with van der Waals surface area (Å²) in [5.74, 6) is 0.766. The number of carbonyl (C=O) groups is 1. The molecule has 0 fully saturated rings. The van der Waals surface area contributed by atoms with Crippen LogP contribution in [0.4, 0.5) is 4.39 Å². The lowest BCUT2D eigenvalue weighted by atomic mass is 10.1. The zero-order valence-electron chi connectivity index (χ0n) is 14.5. The van der Waals surface area contributed by atoms with Gasteiger partial charge < -0.3 is 14.2 Å². The Hall–Kier alpha value is -2.87. The van der Waals surface area contributed by atoms with Crippen molar-refractivity contribution in [3.05, 3.63) is 53.5 Å². The van der Waals surface area contributed by atoms with Gasteiger partial charge in [-0.2, -0.15) is 0 Å². The number of para-hydroxylation sites is 1. The molecule has 0 unspecified atom stereocenters. The van der Waals surface area contributed by atoms with Crippen LogP contribution < -0.4 is 0 Å². The van der Waals surface area contributed by atoms with Crippen LogP contribution in [0.5, 0.6) is 0 Å². The van der Waals surface area contributed by atoms with E-state index in [0.29, 0.717) is 30.9 Å². The van der Waals surface area contributed by atoms with Gasteiger partial charge in [-0.1, -0.05) is 18.2 Å². The van der Waals surface area contributed by atoms with Crippen LogP contribution in [0.25, 0.3) is 10.9 Å². The number of pyridine rings is 1. The average Bonchev–Trinajstić information content (AvgIpc) is 3.05. The van der Waals surface area contributed by atoms with Crippen molar-refractivity contribution in [2.24, 2.45) is 0 Å². The average molecular weight is 355 g/mol. The predicted molar refractivity (Wildman–Crippen MR) is 91.9 cm³/mol. The van der Waals surface area contributed by atoms with Gasteiger partial charge in [-0.15, -0.1) is 10.2 Å². The highest BCUT2D eigenvalue weighted by molar-refractivity contribution is 5.95. The largest absolute Gasteiger partial charge is 0.377 e. The van der Waals surface area contributed by atoms with E-state index in [1.54, 1.807) is 36.3 Å². The van der Waals surface area contributed by atoms with E-state index in [2.05, 4.69) is 15.2 Å². The lowest BCUT2D eigenvalue weighted by Crippen LogP contribution is -2.41. The third-order valence-corrected chi connectivity index (χ3v) is 4.55. The second kappa shape index (κ2) is 6.45. The number of hydrogen-bond acceptors (Lipinski definition) is 5. The van der Waals surface area contributed by atoms with Gasteiger partial charge in [0, 0.05) is 19.0 Å². The number of amides is 1. The second-order valence-electron chi connectivity index (χ2n) is 6.38. The summed E-state index contributed by atoms with van der Waals surface area (Å²) in [7, 11) is 1.61. The molecule has 0 saturated carbocycles. The molecule has 1 aliphatic rings. The second-order valence-corrected chi connectivity index (χ2v) is 6.38. The zero-order chi connectivity index (χ0) is 18.3. The highest BCUT2D eigenvalue weighted by Gasteiger charge is 2.30. The van der Waals surface area contributed by atoms with E-state index in [1.807, 2.05) is 11.5 Å². The molecule has 26 heavy (non-hydrogen) atoms. The summed E-state index contributed by atoms with van der Waals surface area (Å²) in [5.41, 5.74) is 0.425. The Bertz CT molecular complexity index is 987. The standard InChI is InChI=1S/C18H18FN5O2/c1-11-8-23(9-15-21-22-16(10-26-2)24(11)15)18(25)14-7-6-12-4-3-5-13(19)17(12)20-14/h3-7,11H,8-10H2,1-2H3/t11-/m0/s1. The summed E-state index contributed by atoms with van der Waals surface area (Å²) < 4.78 is 21.1. The van der Waals surface area contributed by atoms with Crippen molar-refractivity contribution < 1.29 is 13.9 Å². The Morgan fingerprint density at radius 1 is 1.31 bits per heavy atom. The fourth-order valence-corrected chi connectivity index (χ4v) is 3.39. The fraction of sp³-hybridized carbons (Fsp3) is 0.333. The first-order valence-corrected chi connectivity index (χ1v) is 8.34. The summed E-state index contributed by atoms with van der Waals surface area (Å²) in [4.78, 5) is 18.8. The number of hydrogen-bond donors (Lipinski definition) is 0. The third-order valence-electron chi connectivity index (χ3n) is 4.55. The molecule has 3 heterocycles. The van der Waals surface area contributed by atoms with Gasteiger partial charge in [0.2, 0.25) is 0 Å². The van der Waals surface area contributed by atoms with Gasteiger partial charge in [0.1, 0.15) is 23.6 Å². The van der Waals surface area contributed by atoms with Crippen molar-refractivity contribution in [2.45, 2.75) is 26.1 Å². The Morgan fingerprint density at radius 2 is 2.15 bits per heavy atom. The first kappa shape index (κ1) is 16.6. The van der Waals surface area contributed by atoms with Gasteiger partial charge in [0.15, 0.2) is 11.6 Å². The van der Waals surface area contributed by atoms with E-state index in [-0.39, 0.29) is 23.2 Å². The third kappa shape index (κ3) is 2.72. The number of nitrogens with zero attached hydrogens (tertiary/aromatic N) is 5. The van der Waals surface area contributed by atoms with Crippen molar-refractivity contribution in [1.29, 1.82) is 0 Å². The molecular formula is C18H18FN5O2. The van der Waals surface area contributed by atoms with Gasteiger partial charge in [-0.25, -0.2) is 9.37 Å². The van der Waals surface area contributed by atoms with Crippen LogP contribution in [0.1, 0.15) is 35.1 Å². The van der Waals surface area contributed by atoms with Crippen LogP contribution >= 0.6 is 0 Å². The van der Waals surface area contributed by atoms with Gasteiger partial charge in [-0.05, 0) is 19.1 Å². The van der Waals surface area contributed by atoms with E-state index >= 15 is 0 Å². The smallest absolute Gasteiger partial charge is 0.272 e. The number of rotatable bonds is 3. The van der Waals surface area contributed by atoms with E-state index in [1.165, 1.54) is 6.07 Å². The number of ether oxygens (including phenoxy) is 1. The number of halogens is 1. The fourth-order valence-electron chi connectivity index (χ4n) is 3.39. The van der Waals surface area contributed by atoms with Crippen LogP contribution in [-0.2, 0) is 17.9 Å². The van der Waals surface area contributed by atoms with Gasteiger partial charge in [-0.3, -0.25) is 4.79 Å². The van der Waals surface area contributed by atoms with Gasteiger partial charge >= 0.3 is 0 Å². The molecule has 3 aromatic rings. The maximum absolute atomic E-state index is 14.0. The van der Waals surface area contributed by atoms with Crippen molar-refractivity contribution >= 4 is 16.8 Å². The van der Waals surface area contributed by atoms with Gasteiger partial charge in [0.05, 0.1) is 12.6 Å². The number of carbonyl (C=O) groups excluding carboxylic acids is 1. The molecule has 0 saturated heterocycles. The first-order chi connectivity index (χ1) is 12.6. The topological polar surface area (TPSA) is 73.1 Å². The monoisotopic (exact) mass is 355 g/mol. The molecule has 0 bridgehead atoms. The van der Waals surface area contributed by atoms with Crippen LogP contribution in [0.2, 0.25) is 0 Å². The maximum Gasteiger partial charge on any atom is 0.272 e. The minimum Gasteiger partial charge on any atom is -0.377 e. The van der Waals surface area contributed by atoms with E-state index in [4.69, 9.17) is 4.74 Å². The normalized spacial score (nSPS) is 16.7. The lowest BCUT2D eigenvalue weighted by Gasteiger charge is -2.32. The van der Waals surface area contributed by atoms with Crippen molar-refractivity contribution in [1.82, 2.24) is 24.6 Å². The molecular weight excluding hydrogens is 337 g/mol. The van der Waals surface area contributed by atoms with E-state index < -0.39 is 5.82 Å². The van der Waals surface area contributed by atoms with Gasteiger partial charge in [0.25, 0.3) is 5.91 Å². The Morgan fingerprint density at radius 3 is 2.96 bits per heavy atom. The minimum atomic E-state index is -0.437. The molecule has 2 aromatic heterocycles. The summed E-state index contributed by atoms with van der Waals surface area (Å²) in [6.07, 6.45) is 0. The zero-order valence-corrected chi connectivity index (χ0v) is 14.5. The minimum absolute atomic E-state index is 0.0139. The van der Waals surface area contributed by atoms with Crippen LogP contribution in [0.15, 0.2) is 30.3 Å². The van der Waals surface area contributed by atoms with Crippen molar-refractivity contribution in [3.8, 4) is 0 Å². The molecule has 4 rings (SSSR count). The Kier molecular flexibility index (Phi) is 4.12. The number of benzene rings is 1. The Balaban J connectivity index is 1.64. The lowest BCUT2D eigenvalue weighted by molar-refractivity contribution is 0.0669.